The number of carbonyl (C=O) groups is 1. The molecule has 0 radical (unpaired) electrons. The van der Waals surface area contributed by atoms with Gasteiger partial charge in [-0.05, 0) is 31.9 Å². The minimum atomic E-state index is -0.602. The van der Waals surface area contributed by atoms with E-state index in [1.54, 1.807) is 6.07 Å². The highest BCUT2D eigenvalue weighted by Gasteiger charge is 2.15. The molecule has 0 fully saturated rings. The lowest BCUT2D eigenvalue weighted by molar-refractivity contribution is -0.390. The maximum Gasteiger partial charge on any atom is 0.378 e. The summed E-state index contributed by atoms with van der Waals surface area (Å²) < 4.78 is 5.72. The molecule has 8 nitrogen and oxygen atoms in total. The molecule has 108 valence electrons. The maximum absolute atomic E-state index is 11.0. The largest absolute Gasteiger partial charge is 0.453 e. The Hall–Kier alpha value is -2.55. The van der Waals surface area contributed by atoms with E-state index in [-0.39, 0.29) is 16.2 Å². The van der Waals surface area contributed by atoms with Crippen molar-refractivity contribution in [3.63, 3.8) is 0 Å². The fourth-order valence-electron chi connectivity index (χ4n) is 1.46. The maximum atomic E-state index is 11.0. The van der Waals surface area contributed by atoms with Crippen LogP contribution in [0.3, 0.4) is 0 Å². The third-order valence-corrected chi connectivity index (χ3v) is 2.82. The topological polar surface area (TPSA) is 107 Å². The minimum Gasteiger partial charge on any atom is -0.453 e. The van der Waals surface area contributed by atoms with Crippen LogP contribution in [0.1, 0.15) is 6.92 Å². The minimum absolute atomic E-state index is 0.209. The Morgan fingerprint density at radius 1 is 1.38 bits per heavy atom. The van der Waals surface area contributed by atoms with Gasteiger partial charge in [0.05, 0.1) is 0 Å². The van der Waals surface area contributed by atoms with Crippen LogP contribution in [0, 0.1) is 10.1 Å². The molecule has 9 heteroatoms. The fraction of sp³-hybridized carbons (Fsp3) is 0.0833. The number of pyridine rings is 2. The standard InChI is InChI=1S/C12H9BrN4O4/c1-7(18)16-11-5-8(2-3-14-11)21-9-4-10(13)12(15-6-9)17(19)20/h2-6H,1H3,(H,14,16,18). The molecule has 0 atom stereocenters. The van der Waals surface area contributed by atoms with Crippen molar-refractivity contribution in [2.75, 3.05) is 5.32 Å². The van der Waals surface area contributed by atoms with E-state index >= 15 is 0 Å². The second-order valence-corrected chi connectivity index (χ2v) is 4.75. The molecule has 21 heavy (non-hydrogen) atoms. The summed E-state index contributed by atoms with van der Waals surface area (Å²) in [6, 6.07) is 4.54. The summed E-state index contributed by atoms with van der Waals surface area (Å²) in [5, 5.41) is 13.2. The SMILES string of the molecule is CC(=O)Nc1cc(Oc2cnc([N+](=O)[O-])c(Br)c2)ccn1. The van der Waals surface area contributed by atoms with Gasteiger partial charge in [-0.3, -0.25) is 4.79 Å². The molecule has 0 unspecified atom stereocenters. The van der Waals surface area contributed by atoms with Crippen LogP contribution >= 0.6 is 15.9 Å². The molecule has 0 saturated heterocycles. The van der Waals surface area contributed by atoms with Gasteiger partial charge in [0, 0.05) is 25.3 Å². The summed E-state index contributed by atoms with van der Waals surface area (Å²) in [6.07, 6.45) is 2.70. The lowest BCUT2D eigenvalue weighted by Crippen LogP contribution is -2.07. The quantitative estimate of drug-likeness (QED) is 0.669. The number of anilines is 1. The molecule has 0 aliphatic heterocycles. The highest BCUT2D eigenvalue weighted by Crippen LogP contribution is 2.29. The van der Waals surface area contributed by atoms with Crippen LogP contribution in [0.2, 0.25) is 0 Å². The molecular weight excluding hydrogens is 344 g/mol. The molecule has 0 aromatic carbocycles. The predicted molar refractivity (Wildman–Crippen MR) is 77.2 cm³/mol. The van der Waals surface area contributed by atoms with E-state index in [9.17, 15) is 14.9 Å². The number of ether oxygens (including phenoxy) is 1. The first-order chi connectivity index (χ1) is 9.95. The van der Waals surface area contributed by atoms with E-state index in [0.717, 1.165) is 0 Å². The molecule has 2 heterocycles. The van der Waals surface area contributed by atoms with Gasteiger partial charge >= 0.3 is 5.82 Å². The van der Waals surface area contributed by atoms with Crippen molar-refractivity contribution in [3.8, 4) is 11.5 Å². The molecular formula is C12H9BrN4O4. The summed E-state index contributed by atoms with van der Waals surface area (Å²) in [4.78, 5) is 28.7. The van der Waals surface area contributed by atoms with Gasteiger partial charge < -0.3 is 20.2 Å². The van der Waals surface area contributed by atoms with Crippen molar-refractivity contribution < 1.29 is 14.5 Å². The van der Waals surface area contributed by atoms with Crippen LogP contribution in [0.25, 0.3) is 0 Å². The first-order valence-electron chi connectivity index (χ1n) is 5.67. The first-order valence-corrected chi connectivity index (χ1v) is 6.46. The zero-order chi connectivity index (χ0) is 15.4. The van der Waals surface area contributed by atoms with E-state index in [0.29, 0.717) is 17.3 Å². The van der Waals surface area contributed by atoms with Gasteiger partial charge in [-0.1, -0.05) is 0 Å². The molecule has 0 bridgehead atoms. The Labute approximate surface area is 127 Å². The number of nitrogens with zero attached hydrogens (tertiary/aromatic N) is 3. The zero-order valence-electron chi connectivity index (χ0n) is 10.7. The Morgan fingerprint density at radius 2 is 2.14 bits per heavy atom. The lowest BCUT2D eigenvalue weighted by Gasteiger charge is -2.06. The van der Waals surface area contributed by atoms with Gasteiger partial charge in [-0.25, -0.2) is 4.98 Å². The average Bonchev–Trinajstić information content (AvgIpc) is 2.37. The van der Waals surface area contributed by atoms with Gasteiger partial charge in [-0.15, -0.1) is 0 Å². The molecule has 0 aliphatic carbocycles. The summed E-state index contributed by atoms with van der Waals surface area (Å²) in [6.45, 7) is 1.37. The number of nitrogens with one attached hydrogen (secondary N) is 1. The molecule has 1 amide bonds. The second kappa shape index (κ2) is 6.27. The predicted octanol–water partition coefficient (Wildman–Crippen LogP) is 2.90. The van der Waals surface area contributed by atoms with E-state index in [2.05, 4.69) is 31.2 Å². The number of hydrogen-bond acceptors (Lipinski definition) is 6. The number of carbonyl (C=O) groups excluding carboxylic acids is 1. The Morgan fingerprint density at radius 3 is 2.76 bits per heavy atom. The lowest BCUT2D eigenvalue weighted by atomic mass is 10.4. The van der Waals surface area contributed by atoms with Gasteiger partial charge in [-0.2, -0.15) is 0 Å². The van der Waals surface area contributed by atoms with Crippen LogP contribution in [-0.2, 0) is 4.79 Å². The highest BCUT2D eigenvalue weighted by molar-refractivity contribution is 9.10. The van der Waals surface area contributed by atoms with E-state index in [1.807, 2.05) is 0 Å². The Balaban J connectivity index is 2.20. The molecule has 2 rings (SSSR count). The summed E-state index contributed by atoms with van der Waals surface area (Å²) in [5.41, 5.74) is 0. The van der Waals surface area contributed by atoms with Crippen LogP contribution in [0.4, 0.5) is 11.6 Å². The van der Waals surface area contributed by atoms with Crippen LogP contribution in [0.5, 0.6) is 11.5 Å². The van der Waals surface area contributed by atoms with Crippen LogP contribution in [-0.4, -0.2) is 20.8 Å². The molecule has 2 aromatic heterocycles. The van der Waals surface area contributed by atoms with E-state index < -0.39 is 4.92 Å². The number of hydrogen-bond donors (Lipinski definition) is 1. The zero-order valence-corrected chi connectivity index (χ0v) is 12.3. The van der Waals surface area contributed by atoms with Crippen molar-refractivity contribution in [1.82, 2.24) is 9.97 Å². The fourth-order valence-corrected chi connectivity index (χ4v) is 1.94. The van der Waals surface area contributed by atoms with Crippen molar-refractivity contribution in [2.24, 2.45) is 0 Å². The molecule has 0 spiro atoms. The Bertz CT molecular complexity index is 707. The Kier molecular flexibility index (Phi) is 4.43. The molecule has 2 aromatic rings. The van der Waals surface area contributed by atoms with Crippen molar-refractivity contribution >= 4 is 33.5 Å². The summed E-state index contributed by atoms with van der Waals surface area (Å²) in [5.74, 6) is 0.521. The van der Waals surface area contributed by atoms with Gasteiger partial charge in [0.1, 0.15) is 16.0 Å². The summed E-state index contributed by atoms with van der Waals surface area (Å²) in [7, 11) is 0. The number of rotatable bonds is 4. The average molecular weight is 353 g/mol. The third-order valence-electron chi connectivity index (χ3n) is 2.24. The first kappa shape index (κ1) is 14.9. The van der Waals surface area contributed by atoms with E-state index in [1.165, 1.54) is 31.5 Å². The van der Waals surface area contributed by atoms with Crippen molar-refractivity contribution in [2.45, 2.75) is 6.92 Å². The second-order valence-electron chi connectivity index (χ2n) is 3.89. The normalized spacial score (nSPS) is 10.0. The number of halogens is 1. The van der Waals surface area contributed by atoms with Crippen molar-refractivity contribution in [1.29, 1.82) is 0 Å². The van der Waals surface area contributed by atoms with Gasteiger partial charge in [0.15, 0.2) is 11.9 Å². The molecule has 0 saturated carbocycles. The molecule has 0 aliphatic rings. The number of amides is 1. The highest BCUT2D eigenvalue weighted by atomic mass is 79.9. The number of aromatic nitrogens is 2. The van der Waals surface area contributed by atoms with Gasteiger partial charge in [0.25, 0.3) is 0 Å². The van der Waals surface area contributed by atoms with Crippen LogP contribution < -0.4 is 10.1 Å². The number of nitro groups is 1. The smallest absolute Gasteiger partial charge is 0.378 e. The third kappa shape index (κ3) is 3.96. The molecule has 1 N–H and O–H groups in total. The van der Waals surface area contributed by atoms with Crippen molar-refractivity contribution in [3.05, 3.63) is 45.2 Å². The van der Waals surface area contributed by atoms with Gasteiger partial charge in [0.2, 0.25) is 5.91 Å². The van der Waals surface area contributed by atoms with Crippen LogP contribution in [0.15, 0.2) is 35.1 Å². The van der Waals surface area contributed by atoms with E-state index in [4.69, 9.17) is 4.74 Å². The summed E-state index contributed by atoms with van der Waals surface area (Å²) >= 11 is 3.05. The monoisotopic (exact) mass is 352 g/mol.